The van der Waals surface area contributed by atoms with Gasteiger partial charge in [-0.25, -0.2) is 4.79 Å². The van der Waals surface area contributed by atoms with Gasteiger partial charge in [0.1, 0.15) is 5.75 Å². The molecular formula is C20H29N3O2. The van der Waals surface area contributed by atoms with Gasteiger partial charge in [-0.3, -0.25) is 4.90 Å². The molecule has 1 aliphatic carbocycles. The van der Waals surface area contributed by atoms with Gasteiger partial charge in [0.25, 0.3) is 0 Å². The Morgan fingerprint density at radius 2 is 1.88 bits per heavy atom. The van der Waals surface area contributed by atoms with E-state index in [2.05, 4.69) is 10.2 Å². The minimum atomic E-state index is 0.0557. The molecule has 0 spiro atoms. The summed E-state index contributed by atoms with van der Waals surface area (Å²) >= 11 is 0. The van der Waals surface area contributed by atoms with Gasteiger partial charge in [-0.1, -0.05) is 18.2 Å². The summed E-state index contributed by atoms with van der Waals surface area (Å²) < 4.78 is 6.05. The topological polar surface area (TPSA) is 44.8 Å². The number of nitrogens with zero attached hydrogens (tertiary/aromatic N) is 2. The summed E-state index contributed by atoms with van der Waals surface area (Å²) in [5.41, 5.74) is 1.07. The van der Waals surface area contributed by atoms with E-state index in [1.165, 1.54) is 32.4 Å². The summed E-state index contributed by atoms with van der Waals surface area (Å²) in [6, 6.07) is 8.68. The summed E-state index contributed by atoms with van der Waals surface area (Å²) in [7, 11) is 0. The van der Waals surface area contributed by atoms with Crippen LogP contribution in [0.15, 0.2) is 24.3 Å². The van der Waals surface area contributed by atoms with Crippen LogP contribution in [0.1, 0.15) is 44.1 Å². The zero-order chi connectivity index (χ0) is 17.1. The fourth-order valence-electron chi connectivity index (χ4n) is 4.05. The lowest BCUT2D eigenvalue weighted by Crippen LogP contribution is -2.41. The van der Waals surface area contributed by atoms with E-state index in [9.17, 15) is 4.79 Å². The summed E-state index contributed by atoms with van der Waals surface area (Å²) in [5, 5.41) is 3.09. The zero-order valence-electron chi connectivity index (χ0n) is 15.0. The molecule has 1 N–H and O–H groups in total. The first-order chi connectivity index (χ1) is 12.3. The van der Waals surface area contributed by atoms with Gasteiger partial charge in [-0.2, -0.15) is 0 Å². The number of para-hydroxylation sites is 1. The van der Waals surface area contributed by atoms with Crippen LogP contribution in [0, 0.1) is 0 Å². The van der Waals surface area contributed by atoms with Crippen LogP contribution in [-0.2, 0) is 6.54 Å². The van der Waals surface area contributed by atoms with Crippen molar-refractivity contribution < 1.29 is 9.53 Å². The molecule has 136 valence electrons. The van der Waals surface area contributed by atoms with Crippen LogP contribution in [-0.4, -0.2) is 54.2 Å². The van der Waals surface area contributed by atoms with Crippen molar-refractivity contribution >= 4 is 6.03 Å². The molecule has 25 heavy (non-hydrogen) atoms. The molecule has 2 heterocycles. The number of carbonyl (C=O) groups is 1. The van der Waals surface area contributed by atoms with Crippen LogP contribution in [0.25, 0.3) is 0 Å². The second kappa shape index (κ2) is 7.65. The van der Waals surface area contributed by atoms with Crippen molar-refractivity contribution in [3.63, 3.8) is 0 Å². The Kier molecular flexibility index (Phi) is 5.11. The third-order valence-corrected chi connectivity index (χ3v) is 5.86. The second-order valence-corrected chi connectivity index (χ2v) is 7.57. The van der Waals surface area contributed by atoms with E-state index in [-0.39, 0.29) is 6.03 Å². The highest BCUT2D eigenvalue weighted by Crippen LogP contribution is 2.27. The summed E-state index contributed by atoms with van der Waals surface area (Å²) in [6.07, 6.45) is 7.63. The summed E-state index contributed by atoms with van der Waals surface area (Å²) in [6.45, 7) is 4.67. The normalized spacial score (nSPS) is 24.3. The molecule has 0 unspecified atom stereocenters. The molecule has 0 aromatic heterocycles. The van der Waals surface area contributed by atoms with Crippen LogP contribution < -0.4 is 10.1 Å². The van der Waals surface area contributed by atoms with Crippen molar-refractivity contribution in [1.82, 2.24) is 15.1 Å². The number of amides is 2. The maximum Gasteiger partial charge on any atom is 0.317 e. The first-order valence-electron chi connectivity index (χ1n) is 9.81. The number of carbonyl (C=O) groups excluding carboxylic acids is 1. The van der Waals surface area contributed by atoms with Gasteiger partial charge in [0.05, 0.1) is 6.10 Å². The number of likely N-dealkylation sites (tertiary alicyclic amines) is 2. The third-order valence-electron chi connectivity index (χ3n) is 5.86. The van der Waals surface area contributed by atoms with Crippen molar-refractivity contribution in [2.75, 3.05) is 26.2 Å². The second-order valence-electron chi connectivity index (χ2n) is 7.57. The van der Waals surface area contributed by atoms with Crippen molar-refractivity contribution in [2.24, 2.45) is 0 Å². The lowest BCUT2D eigenvalue weighted by molar-refractivity contribution is 0.119. The van der Waals surface area contributed by atoms with E-state index in [4.69, 9.17) is 4.74 Å². The van der Waals surface area contributed by atoms with Gasteiger partial charge in [-0.15, -0.1) is 0 Å². The van der Waals surface area contributed by atoms with Crippen molar-refractivity contribution in [1.29, 1.82) is 0 Å². The highest BCUT2D eigenvalue weighted by Gasteiger charge is 2.31. The first-order valence-corrected chi connectivity index (χ1v) is 9.81. The molecule has 5 heteroatoms. The van der Waals surface area contributed by atoms with Gasteiger partial charge in [0, 0.05) is 31.2 Å². The number of rotatable bonds is 5. The maximum atomic E-state index is 12.5. The van der Waals surface area contributed by atoms with Gasteiger partial charge in [-0.05, 0) is 57.7 Å². The van der Waals surface area contributed by atoms with Crippen LogP contribution >= 0.6 is 0 Å². The summed E-state index contributed by atoms with van der Waals surface area (Å²) in [4.78, 5) is 17.1. The van der Waals surface area contributed by atoms with E-state index in [0.717, 1.165) is 43.7 Å². The van der Waals surface area contributed by atoms with E-state index in [1.807, 2.05) is 29.2 Å². The molecule has 1 aromatic carbocycles. The molecule has 3 fully saturated rings. The van der Waals surface area contributed by atoms with E-state index in [1.54, 1.807) is 0 Å². The van der Waals surface area contributed by atoms with Crippen LogP contribution in [0.5, 0.6) is 5.75 Å². The van der Waals surface area contributed by atoms with Crippen molar-refractivity contribution in [3.8, 4) is 5.75 Å². The third kappa shape index (κ3) is 3.92. The number of urea groups is 1. The minimum absolute atomic E-state index is 0.0557. The predicted octanol–water partition coefficient (Wildman–Crippen LogP) is 3.00. The molecular weight excluding hydrogens is 314 g/mol. The zero-order valence-corrected chi connectivity index (χ0v) is 15.0. The Hall–Kier alpha value is -1.75. The number of benzene rings is 1. The molecule has 2 amide bonds. The highest BCUT2D eigenvalue weighted by atomic mass is 16.5. The molecule has 2 saturated heterocycles. The maximum absolute atomic E-state index is 12.5. The Balaban J connectivity index is 1.28. The van der Waals surface area contributed by atoms with E-state index >= 15 is 0 Å². The largest absolute Gasteiger partial charge is 0.490 e. The van der Waals surface area contributed by atoms with Crippen LogP contribution in [0.3, 0.4) is 0 Å². The number of hydrogen-bond acceptors (Lipinski definition) is 3. The average Bonchev–Trinajstić information content (AvgIpc) is 3.27. The Labute approximate surface area is 150 Å². The highest BCUT2D eigenvalue weighted by molar-refractivity contribution is 5.74. The Bertz CT molecular complexity index is 596. The molecule has 2 aliphatic heterocycles. The first kappa shape index (κ1) is 16.7. The van der Waals surface area contributed by atoms with Gasteiger partial charge < -0.3 is 15.0 Å². The monoisotopic (exact) mass is 343 g/mol. The number of hydrogen-bond donors (Lipinski definition) is 1. The standard InChI is InChI=1S/C20H29N3O2/c24-20(23-13-10-17(15-23)22-11-3-4-12-22)21-14-16-6-1-2-9-19(16)25-18-7-5-8-18/h1-2,6,9,17-18H,3-5,7-8,10-15H2,(H,21,24)/t17-/m1/s1. The smallest absolute Gasteiger partial charge is 0.317 e. The quantitative estimate of drug-likeness (QED) is 0.894. The van der Waals surface area contributed by atoms with E-state index in [0.29, 0.717) is 18.7 Å². The molecule has 4 rings (SSSR count). The fraction of sp³-hybridized carbons (Fsp3) is 0.650. The molecule has 1 saturated carbocycles. The molecule has 0 radical (unpaired) electrons. The molecule has 3 aliphatic rings. The molecule has 1 atom stereocenters. The SMILES string of the molecule is O=C(NCc1ccccc1OC1CCC1)N1CC[C@@H](N2CCCC2)C1. The van der Waals surface area contributed by atoms with Crippen LogP contribution in [0.2, 0.25) is 0 Å². The number of nitrogens with one attached hydrogen (secondary N) is 1. The lowest BCUT2D eigenvalue weighted by Gasteiger charge is -2.27. The molecule has 5 nitrogen and oxygen atoms in total. The number of ether oxygens (including phenoxy) is 1. The van der Waals surface area contributed by atoms with Gasteiger partial charge in [0.15, 0.2) is 0 Å². The Morgan fingerprint density at radius 1 is 1.08 bits per heavy atom. The molecule has 0 bridgehead atoms. The lowest BCUT2D eigenvalue weighted by atomic mass is 9.96. The van der Waals surface area contributed by atoms with E-state index < -0.39 is 0 Å². The Morgan fingerprint density at radius 3 is 2.64 bits per heavy atom. The fourth-order valence-corrected chi connectivity index (χ4v) is 4.05. The predicted molar refractivity (Wildman–Crippen MR) is 97.7 cm³/mol. The van der Waals surface area contributed by atoms with Gasteiger partial charge >= 0.3 is 6.03 Å². The van der Waals surface area contributed by atoms with Crippen LogP contribution in [0.4, 0.5) is 4.79 Å². The molecule has 1 aromatic rings. The minimum Gasteiger partial charge on any atom is -0.490 e. The summed E-state index contributed by atoms with van der Waals surface area (Å²) in [5.74, 6) is 0.920. The average molecular weight is 343 g/mol. The van der Waals surface area contributed by atoms with Crippen molar-refractivity contribution in [2.45, 2.75) is 57.2 Å². The van der Waals surface area contributed by atoms with Gasteiger partial charge in [0.2, 0.25) is 0 Å². The van der Waals surface area contributed by atoms with Crippen molar-refractivity contribution in [3.05, 3.63) is 29.8 Å².